The first-order chi connectivity index (χ1) is 7.75. The Morgan fingerprint density at radius 1 is 1.31 bits per heavy atom. The van der Waals surface area contributed by atoms with Gasteiger partial charge in [0.1, 0.15) is 0 Å². The Balaban J connectivity index is 1.94. The lowest BCUT2D eigenvalue weighted by Crippen LogP contribution is -2.15. The first-order valence-electron chi connectivity index (χ1n) is 6.48. The maximum Gasteiger partial charge on any atom is 0.164 e. The average molecular weight is 217 g/mol. The van der Waals surface area contributed by atoms with Crippen molar-refractivity contribution in [3.63, 3.8) is 0 Å². The molecule has 0 amide bonds. The summed E-state index contributed by atoms with van der Waals surface area (Å²) in [6.07, 6.45) is 8.95. The molecule has 0 saturated heterocycles. The zero-order chi connectivity index (χ0) is 11.1. The maximum atomic E-state index is 11.8. The van der Waals surface area contributed by atoms with Gasteiger partial charge in [0.05, 0.1) is 0 Å². The summed E-state index contributed by atoms with van der Waals surface area (Å²) in [6, 6.07) is 2.70. The fourth-order valence-corrected chi connectivity index (χ4v) is 3.32. The van der Waals surface area contributed by atoms with Crippen molar-refractivity contribution < 1.29 is 4.79 Å². The molecule has 1 saturated carbocycles. The summed E-state index contributed by atoms with van der Waals surface area (Å²) in [5, 5.41) is 0. The zero-order valence-electron chi connectivity index (χ0n) is 9.91. The number of hydrogen-bond acceptors (Lipinski definition) is 1. The van der Waals surface area contributed by atoms with Gasteiger partial charge in [-0.15, -0.1) is 0 Å². The number of rotatable bonds is 1. The Morgan fingerprint density at radius 3 is 2.94 bits per heavy atom. The summed E-state index contributed by atoms with van der Waals surface area (Å²) in [5.74, 6) is 1.20. The van der Waals surface area contributed by atoms with Crippen LogP contribution in [0.15, 0.2) is 12.3 Å². The number of carbonyl (C=O) groups is 1. The molecule has 2 atom stereocenters. The number of ketones is 1. The van der Waals surface area contributed by atoms with Crippen LogP contribution in [-0.4, -0.2) is 10.4 Å². The molecule has 86 valence electrons. The summed E-state index contributed by atoms with van der Waals surface area (Å²) in [7, 11) is 0. The molecule has 16 heavy (non-hydrogen) atoms. The monoisotopic (exact) mass is 217 g/mol. The molecule has 2 aliphatic rings. The van der Waals surface area contributed by atoms with Crippen LogP contribution in [0.4, 0.5) is 0 Å². The quantitative estimate of drug-likeness (QED) is 0.707. The third kappa shape index (κ3) is 1.51. The van der Waals surface area contributed by atoms with Crippen molar-refractivity contribution in [3.05, 3.63) is 23.5 Å². The molecule has 0 aliphatic heterocycles. The highest BCUT2D eigenvalue weighted by atomic mass is 16.1. The molecule has 0 aromatic carbocycles. The molecule has 2 unspecified atom stereocenters. The predicted molar refractivity (Wildman–Crippen MR) is 63.8 cm³/mol. The van der Waals surface area contributed by atoms with Crippen LogP contribution in [0, 0.1) is 5.92 Å². The predicted octanol–water partition coefficient (Wildman–Crippen LogP) is 3.37. The van der Waals surface area contributed by atoms with E-state index in [1.807, 2.05) is 6.07 Å². The smallest absolute Gasteiger partial charge is 0.164 e. The van der Waals surface area contributed by atoms with Crippen LogP contribution < -0.4 is 0 Å². The number of aromatic nitrogens is 1. The third-order valence-corrected chi connectivity index (χ3v) is 4.20. The van der Waals surface area contributed by atoms with E-state index < -0.39 is 0 Å². The molecule has 1 aromatic heterocycles. The van der Waals surface area contributed by atoms with Gasteiger partial charge < -0.3 is 4.57 Å². The topological polar surface area (TPSA) is 22.0 Å². The fraction of sp³-hybridized carbons (Fsp3) is 0.643. The first kappa shape index (κ1) is 10.1. The van der Waals surface area contributed by atoms with E-state index in [0.717, 1.165) is 30.7 Å². The van der Waals surface area contributed by atoms with E-state index in [2.05, 4.69) is 17.7 Å². The highest BCUT2D eigenvalue weighted by molar-refractivity contribution is 5.98. The van der Waals surface area contributed by atoms with Crippen LogP contribution in [0.5, 0.6) is 0 Å². The van der Waals surface area contributed by atoms with Gasteiger partial charge in [-0.1, -0.05) is 6.92 Å². The van der Waals surface area contributed by atoms with Crippen molar-refractivity contribution in [1.82, 2.24) is 4.57 Å². The Labute approximate surface area is 96.6 Å². The Hall–Kier alpha value is -1.05. The summed E-state index contributed by atoms with van der Waals surface area (Å²) in [5.41, 5.74) is 2.32. The average Bonchev–Trinajstić information content (AvgIpc) is 2.84. The third-order valence-electron chi connectivity index (χ3n) is 4.20. The van der Waals surface area contributed by atoms with E-state index in [9.17, 15) is 4.79 Å². The van der Waals surface area contributed by atoms with E-state index >= 15 is 0 Å². The van der Waals surface area contributed by atoms with Crippen LogP contribution in [0.1, 0.15) is 61.1 Å². The molecule has 2 nitrogen and oxygen atoms in total. The van der Waals surface area contributed by atoms with E-state index in [-0.39, 0.29) is 0 Å². The van der Waals surface area contributed by atoms with Crippen LogP contribution >= 0.6 is 0 Å². The first-order valence-corrected chi connectivity index (χ1v) is 6.48. The Bertz CT molecular complexity index is 418. The second-order valence-corrected chi connectivity index (χ2v) is 5.43. The second kappa shape index (κ2) is 3.76. The van der Waals surface area contributed by atoms with Crippen molar-refractivity contribution in [2.24, 2.45) is 5.92 Å². The molecule has 2 heteroatoms. The SMILES string of the molecule is CC1CCC(n2ccc3c2CCCC3=O)C1. The number of fused-ring (bicyclic) bond motifs is 1. The van der Waals surface area contributed by atoms with Crippen LogP contribution in [0.3, 0.4) is 0 Å². The van der Waals surface area contributed by atoms with Gasteiger partial charge >= 0.3 is 0 Å². The normalized spacial score (nSPS) is 29.4. The Kier molecular flexibility index (Phi) is 2.38. The Morgan fingerprint density at radius 2 is 2.19 bits per heavy atom. The van der Waals surface area contributed by atoms with Crippen molar-refractivity contribution in [2.75, 3.05) is 0 Å². The summed E-state index contributed by atoms with van der Waals surface area (Å²) >= 11 is 0. The number of hydrogen-bond donors (Lipinski definition) is 0. The minimum atomic E-state index is 0.353. The molecule has 2 aliphatic carbocycles. The lowest BCUT2D eigenvalue weighted by atomic mass is 9.96. The van der Waals surface area contributed by atoms with Gasteiger partial charge in [-0.05, 0) is 44.1 Å². The molecular formula is C14H19NO. The van der Waals surface area contributed by atoms with Crippen LogP contribution in [0.25, 0.3) is 0 Å². The molecule has 1 fully saturated rings. The van der Waals surface area contributed by atoms with Gasteiger partial charge in [0.2, 0.25) is 0 Å². The van der Waals surface area contributed by atoms with Gasteiger partial charge in [0, 0.05) is 29.9 Å². The largest absolute Gasteiger partial charge is 0.348 e. The van der Waals surface area contributed by atoms with Crippen molar-refractivity contribution in [2.45, 2.75) is 51.5 Å². The van der Waals surface area contributed by atoms with Crippen LogP contribution in [-0.2, 0) is 6.42 Å². The second-order valence-electron chi connectivity index (χ2n) is 5.43. The number of Topliss-reactive ketones (excluding diaryl/α,β-unsaturated/α-hetero) is 1. The van der Waals surface area contributed by atoms with E-state index in [0.29, 0.717) is 11.8 Å². The summed E-state index contributed by atoms with van der Waals surface area (Å²) in [4.78, 5) is 11.8. The molecule has 1 aromatic rings. The molecule has 0 N–H and O–H groups in total. The highest BCUT2D eigenvalue weighted by Gasteiger charge is 2.27. The van der Waals surface area contributed by atoms with Gasteiger partial charge in [-0.3, -0.25) is 4.79 Å². The van der Waals surface area contributed by atoms with Gasteiger partial charge in [-0.2, -0.15) is 0 Å². The summed E-state index contributed by atoms with van der Waals surface area (Å²) in [6.45, 7) is 2.33. The lowest BCUT2D eigenvalue weighted by Gasteiger charge is -2.19. The highest BCUT2D eigenvalue weighted by Crippen LogP contribution is 2.37. The molecule has 3 rings (SSSR count). The van der Waals surface area contributed by atoms with E-state index in [1.54, 1.807) is 0 Å². The van der Waals surface area contributed by atoms with E-state index in [1.165, 1.54) is 25.0 Å². The van der Waals surface area contributed by atoms with Gasteiger partial charge in [0.25, 0.3) is 0 Å². The van der Waals surface area contributed by atoms with Crippen molar-refractivity contribution in [3.8, 4) is 0 Å². The van der Waals surface area contributed by atoms with Gasteiger partial charge in [0.15, 0.2) is 5.78 Å². The minimum absolute atomic E-state index is 0.353. The molecule has 0 spiro atoms. The maximum absolute atomic E-state index is 11.8. The van der Waals surface area contributed by atoms with Crippen molar-refractivity contribution >= 4 is 5.78 Å². The van der Waals surface area contributed by atoms with E-state index in [4.69, 9.17) is 0 Å². The zero-order valence-corrected chi connectivity index (χ0v) is 9.91. The molecule has 0 radical (unpaired) electrons. The molecular weight excluding hydrogens is 198 g/mol. The number of nitrogens with zero attached hydrogens (tertiary/aromatic N) is 1. The lowest BCUT2D eigenvalue weighted by molar-refractivity contribution is 0.0971. The van der Waals surface area contributed by atoms with Crippen LogP contribution in [0.2, 0.25) is 0 Å². The standard InChI is InChI=1S/C14H19NO/c1-10-5-6-11(9-10)15-8-7-12-13(15)3-2-4-14(12)16/h7-8,10-11H,2-6,9H2,1H3. The molecule has 1 heterocycles. The molecule has 0 bridgehead atoms. The fourth-order valence-electron chi connectivity index (χ4n) is 3.32. The van der Waals surface area contributed by atoms with Crippen molar-refractivity contribution in [1.29, 1.82) is 0 Å². The van der Waals surface area contributed by atoms with Gasteiger partial charge in [-0.25, -0.2) is 0 Å². The summed E-state index contributed by atoms with van der Waals surface area (Å²) < 4.78 is 2.40. The number of carbonyl (C=O) groups excluding carboxylic acids is 1. The minimum Gasteiger partial charge on any atom is -0.348 e.